The van der Waals surface area contributed by atoms with E-state index in [9.17, 15) is 4.79 Å². The zero-order valence-electron chi connectivity index (χ0n) is 10.4. The number of nitrogens with one attached hydrogen (secondary N) is 2. The first-order valence-corrected chi connectivity index (χ1v) is 8.02. The van der Waals surface area contributed by atoms with Gasteiger partial charge in [0, 0.05) is 11.4 Å². The van der Waals surface area contributed by atoms with Crippen molar-refractivity contribution < 1.29 is 4.79 Å². The predicted octanol–water partition coefficient (Wildman–Crippen LogP) is 2.62. The van der Waals surface area contributed by atoms with Crippen LogP contribution in [0.3, 0.4) is 0 Å². The zero-order valence-corrected chi connectivity index (χ0v) is 12.9. The summed E-state index contributed by atoms with van der Waals surface area (Å²) >= 11 is 3.15. The van der Waals surface area contributed by atoms with E-state index in [4.69, 9.17) is 0 Å². The molecular weight excluding hydrogens is 288 g/mol. The van der Waals surface area contributed by atoms with E-state index in [1.54, 1.807) is 11.8 Å². The maximum Gasteiger partial charge on any atom is 0.262 e. The van der Waals surface area contributed by atoms with Gasteiger partial charge < -0.3 is 10.6 Å². The number of halogens is 1. The largest absolute Gasteiger partial charge is 0.351 e. The van der Waals surface area contributed by atoms with Crippen LogP contribution in [0.2, 0.25) is 0 Å². The van der Waals surface area contributed by atoms with Crippen molar-refractivity contribution in [2.75, 3.05) is 25.9 Å². The Morgan fingerprint density at radius 3 is 3.17 bits per heavy atom. The number of rotatable bonds is 5. The minimum absolute atomic E-state index is 0. The summed E-state index contributed by atoms with van der Waals surface area (Å²) in [5, 5.41) is 8.33. The first kappa shape index (κ1) is 15.8. The number of carbonyl (C=O) groups excluding carboxylic acids is 1. The van der Waals surface area contributed by atoms with E-state index < -0.39 is 0 Å². The molecule has 1 aliphatic heterocycles. The topological polar surface area (TPSA) is 41.1 Å². The lowest BCUT2D eigenvalue weighted by atomic mass is 10.1. The third-order valence-electron chi connectivity index (χ3n) is 3.06. The highest BCUT2D eigenvalue weighted by Gasteiger charge is 2.16. The molecule has 1 aromatic rings. The van der Waals surface area contributed by atoms with Gasteiger partial charge in [0.25, 0.3) is 5.91 Å². The fourth-order valence-corrected chi connectivity index (χ4v) is 3.72. The second-order valence-corrected chi connectivity index (χ2v) is 5.99. The Labute approximate surface area is 123 Å². The molecule has 1 atom stereocenters. The maximum atomic E-state index is 11.9. The summed E-state index contributed by atoms with van der Waals surface area (Å²) in [5.41, 5.74) is 0. The summed E-state index contributed by atoms with van der Waals surface area (Å²) in [6.45, 7) is 3.02. The van der Waals surface area contributed by atoms with Crippen LogP contribution in [0.4, 0.5) is 0 Å². The van der Waals surface area contributed by atoms with Gasteiger partial charge in [-0.3, -0.25) is 4.79 Å². The Balaban J connectivity index is 0.00000162. The number of hydrogen-bond acceptors (Lipinski definition) is 4. The summed E-state index contributed by atoms with van der Waals surface area (Å²) in [6, 6.07) is 2.01. The number of amides is 1. The highest BCUT2D eigenvalue weighted by molar-refractivity contribution is 7.98. The van der Waals surface area contributed by atoms with E-state index >= 15 is 0 Å². The van der Waals surface area contributed by atoms with Crippen molar-refractivity contribution in [3.05, 3.63) is 16.3 Å². The van der Waals surface area contributed by atoms with Gasteiger partial charge in [0.1, 0.15) is 4.88 Å². The van der Waals surface area contributed by atoms with E-state index in [1.807, 2.05) is 17.7 Å². The second kappa shape index (κ2) is 8.04. The number of hydrogen-bond donors (Lipinski definition) is 2. The molecule has 1 aliphatic rings. The molecule has 1 amide bonds. The van der Waals surface area contributed by atoms with Crippen LogP contribution in [0.25, 0.3) is 0 Å². The maximum absolute atomic E-state index is 11.9. The van der Waals surface area contributed by atoms with Gasteiger partial charge in [-0.05, 0) is 49.6 Å². The molecule has 2 rings (SSSR count). The Bertz CT molecular complexity index is 378. The third-order valence-corrected chi connectivity index (χ3v) is 4.88. The predicted molar refractivity (Wildman–Crippen MR) is 81.3 cm³/mol. The van der Waals surface area contributed by atoms with Gasteiger partial charge in [-0.1, -0.05) is 0 Å². The van der Waals surface area contributed by atoms with Gasteiger partial charge in [0.05, 0.1) is 0 Å². The van der Waals surface area contributed by atoms with E-state index in [2.05, 4.69) is 10.6 Å². The first-order valence-electron chi connectivity index (χ1n) is 5.91. The Kier molecular flexibility index (Phi) is 7.07. The molecule has 1 saturated heterocycles. The molecule has 3 nitrogen and oxygen atoms in total. The fourth-order valence-electron chi connectivity index (χ4n) is 2.05. The molecule has 6 heteroatoms. The Morgan fingerprint density at radius 1 is 1.67 bits per heavy atom. The van der Waals surface area contributed by atoms with Crippen LogP contribution in [0.1, 0.15) is 22.5 Å². The molecule has 0 aliphatic carbocycles. The van der Waals surface area contributed by atoms with Gasteiger partial charge in [0.2, 0.25) is 0 Å². The lowest BCUT2D eigenvalue weighted by Crippen LogP contribution is -2.26. The lowest BCUT2D eigenvalue weighted by molar-refractivity contribution is 0.0953. The van der Waals surface area contributed by atoms with Crippen molar-refractivity contribution >= 4 is 41.4 Å². The van der Waals surface area contributed by atoms with Crippen LogP contribution in [0.15, 0.2) is 16.3 Å². The average molecular weight is 307 g/mol. The van der Waals surface area contributed by atoms with Gasteiger partial charge in [0.15, 0.2) is 0 Å². The third kappa shape index (κ3) is 4.16. The average Bonchev–Trinajstić information content (AvgIpc) is 2.99. The van der Waals surface area contributed by atoms with Crippen LogP contribution < -0.4 is 10.6 Å². The monoisotopic (exact) mass is 306 g/mol. The number of thiophene rings is 1. The fraction of sp³-hybridized carbons (Fsp3) is 0.583. The zero-order chi connectivity index (χ0) is 12.1. The van der Waals surface area contributed by atoms with Crippen LogP contribution in [-0.4, -0.2) is 31.8 Å². The molecular formula is C12H19ClN2OS2. The molecule has 1 fully saturated rings. The van der Waals surface area contributed by atoms with Gasteiger partial charge in [-0.15, -0.1) is 35.5 Å². The smallest absolute Gasteiger partial charge is 0.262 e. The summed E-state index contributed by atoms with van der Waals surface area (Å²) in [5.74, 6) is 0.814. The lowest BCUT2D eigenvalue weighted by Gasteiger charge is -2.09. The van der Waals surface area contributed by atoms with Gasteiger partial charge in [-0.2, -0.15) is 0 Å². The molecule has 0 aromatic carbocycles. The summed E-state index contributed by atoms with van der Waals surface area (Å²) in [4.78, 5) is 13.9. The SMILES string of the molecule is CSc1ccsc1C(=O)NCCC1CCNC1.Cl. The van der Waals surface area contributed by atoms with Crippen molar-refractivity contribution in [1.29, 1.82) is 0 Å². The van der Waals surface area contributed by atoms with E-state index in [0.29, 0.717) is 0 Å². The van der Waals surface area contributed by atoms with Crippen LogP contribution in [0.5, 0.6) is 0 Å². The molecule has 1 unspecified atom stereocenters. The van der Waals surface area contributed by atoms with Crippen molar-refractivity contribution in [2.24, 2.45) is 5.92 Å². The summed E-state index contributed by atoms with van der Waals surface area (Å²) in [6.07, 6.45) is 4.33. The second-order valence-electron chi connectivity index (χ2n) is 4.22. The van der Waals surface area contributed by atoms with E-state index in [-0.39, 0.29) is 18.3 Å². The number of carbonyl (C=O) groups is 1. The molecule has 0 saturated carbocycles. The van der Waals surface area contributed by atoms with Gasteiger partial charge >= 0.3 is 0 Å². The van der Waals surface area contributed by atoms with Crippen molar-refractivity contribution in [1.82, 2.24) is 10.6 Å². The molecule has 0 bridgehead atoms. The summed E-state index contributed by atoms with van der Waals surface area (Å²) in [7, 11) is 0. The standard InChI is InChI=1S/C12H18N2OS2.ClH/c1-16-10-4-7-17-11(10)12(15)14-6-3-9-2-5-13-8-9;/h4,7,9,13H,2-3,5-6,8H2,1H3,(H,14,15);1H. The highest BCUT2D eigenvalue weighted by Crippen LogP contribution is 2.25. The van der Waals surface area contributed by atoms with Crippen LogP contribution >= 0.6 is 35.5 Å². The molecule has 1 aromatic heterocycles. The van der Waals surface area contributed by atoms with Crippen LogP contribution in [-0.2, 0) is 0 Å². The van der Waals surface area contributed by atoms with Crippen molar-refractivity contribution in [3.63, 3.8) is 0 Å². The van der Waals surface area contributed by atoms with Gasteiger partial charge in [-0.25, -0.2) is 0 Å². The Morgan fingerprint density at radius 2 is 2.50 bits per heavy atom. The van der Waals surface area contributed by atoms with Crippen LogP contribution in [0, 0.1) is 5.92 Å². The quantitative estimate of drug-likeness (QED) is 0.822. The minimum Gasteiger partial charge on any atom is -0.351 e. The van der Waals surface area contributed by atoms with E-state index in [1.165, 1.54) is 17.8 Å². The summed E-state index contributed by atoms with van der Waals surface area (Å²) < 4.78 is 0. The van der Waals surface area contributed by atoms with Crippen molar-refractivity contribution in [3.8, 4) is 0 Å². The van der Waals surface area contributed by atoms with E-state index in [0.717, 1.165) is 41.7 Å². The molecule has 0 spiro atoms. The first-order chi connectivity index (χ1) is 8.31. The minimum atomic E-state index is 0. The molecule has 18 heavy (non-hydrogen) atoms. The molecule has 102 valence electrons. The number of thioether (sulfide) groups is 1. The normalized spacial score (nSPS) is 18.4. The Hall–Kier alpha value is -0.230. The molecule has 0 radical (unpaired) electrons. The highest BCUT2D eigenvalue weighted by atomic mass is 35.5. The molecule has 2 N–H and O–H groups in total. The van der Waals surface area contributed by atoms with Crippen molar-refractivity contribution in [2.45, 2.75) is 17.7 Å². The molecule has 2 heterocycles.